The van der Waals surface area contributed by atoms with E-state index in [4.69, 9.17) is 0 Å². The molecule has 1 unspecified atom stereocenters. The number of hydrogen-bond donors (Lipinski definition) is 0. The van der Waals surface area contributed by atoms with Gasteiger partial charge in [0.2, 0.25) is 5.95 Å². The Morgan fingerprint density at radius 1 is 1.67 bits per heavy atom. The molecule has 0 saturated carbocycles. The van der Waals surface area contributed by atoms with Gasteiger partial charge >= 0.3 is 0 Å². The van der Waals surface area contributed by atoms with Gasteiger partial charge in [0, 0.05) is 11.5 Å². The first-order valence-corrected chi connectivity index (χ1v) is 4.24. The van der Waals surface area contributed by atoms with Crippen molar-refractivity contribution >= 4 is 15.9 Å². The first-order chi connectivity index (χ1) is 5.66. The summed E-state index contributed by atoms with van der Waals surface area (Å²) in [6, 6.07) is 0. The molecule has 0 aliphatic carbocycles. The van der Waals surface area contributed by atoms with Gasteiger partial charge in [0.15, 0.2) is 0 Å². The molecule has 1 aromatic heterocycles. The summed E-state index contributed by atoms with van der Waals surface area (Å²) in [7, 11) is 0. The van der Waals surface area contributed by atoms with Gasteiger partial charge in [-0.1, -0.05) is 13.0 Å². The van der Waals surface area contributed by atoms with Crippen molar-refractivity contribution in [2.75, 3.05) is 0 Å². The lowest BCUT2D eigenvalue weighted by Gasteiger charge is -2.07. The molecule has 0 fully saturated rings. The lowest BCUT2D eigenvalue weighted by molar-refractivity contribution is 0.554. The summed E-state index contributed by atoms with van der Waals surface area (Å²) < 4.78 is 13.5. The van der Waals surface area contributed by atoms with E-state index in [0.29, 0.717) is 10.2 Å². The zero-order chi connectivity index (χ0) is 9.14. The van der Waals surface area contributed by atoms with E-state index in [1.807, 2.05) is 6.92 Å². The monoisotopic (exact) mass is 230 g/mol. The van der Waals surface area contributed by atoms with Gasteiger partial charge in [0.1, 0.15) is 10.9 Å². The van der Waals surface area contributed by atoms with Crippen LogP contribution in [0.15, 0.2) is 23.6 Å². The Morgan fingerprint density at radius 3 is 2.83 bits per heavy atom. The highest BCUT2D eigenvalue weighted by molar-refractivity contribution is 9.10. The fourth-order valence-corrected chi connectivity index (χ4v) is 1.46. The van der Waals surface area contributed by atoms with E-state index < -0.39 is 5.95 Å². The Morgan fingerprint density at radius 2 is 2.33 bits per heavy atom. The van der Waals surface area contributed by atoms with Crippen molar-refractivity contribution in [1.29, 1.82) is 0 Å². The average Bonchev–Trinajstić information content (AvgIpc) is 2.03. The average molecular weight is 231 g/mol. The maximum Gasteiger partial charge on any atom is 0.220 e. The Bertz CT molecular complexity index is 281. The van der Waals surface area contributed by atoms with Crippen molar-refractivity contribution < 1.29 is 4.39 Å². The third-order valence-electron chi connectivity index (χ3n) is 1.60. The van der Waals surface area contributed by atoms with Crippen LogP contribution in [0.25, 0.3) is 0 Å². The van der Waals surface area contributed by atoms with Crippen LogP contribution in [0.1, 0.15) is 18.4 Å². The Kier molecular flexibility index (Phi) is 2.92. The normalized spacial score (nSPS) is 12.6. The smallest absolute Gasteiger partial charge is 0.220 e. The maximum absolute atomic E-state index is 13.1. The van der Waals surface area contributed by atoms with Crippen LogP contribution in [0, 0.1) is 5.95 Å². The second-order valence-corrected chi connectivity index (χ2v) is 3.14. The molecule has 1 heterocycles. The molecule has 12 heavy (non-hydrogen) atoms. The first kappa shape index (κ1) is 9.32. The number of halogens is 2. The lowest BCUT2D eigenvalue weighted by Crippen LogP contribution is -2.00. The van der Waals surface area contributed by atoms with Crippen molar-refractivity contribution in [3.05, 3.63) is 35.1 Å². The Balaban J connectivity index is 3.20. The summed E-state index contributed by atoms with van der Waals surface area (Å²) in [5.74, 6) is -0.579. The number of aromatic nitrogens is 2. The summed E-state index contributed by atoms with van der Waals surface area (Å²) >= 11 is 3.15. The van der Waals surface area contributed by atoms with E-state index in [2.05, 4.69) is 32.5 Å². The fraction of sp³-hybridized carbons (Fsp3) is 0.250. The van der Waals surface area contributed by atoms with E-state index in [1.165, 1.54) is 6.33 Å². The van der Waals surface area contributed by atoms with Crippen LogP contribution in [0.3, 0.4) is 0 Å². The zero-order valence-electron chi connectivity index (χ0n) is 6.59. The maximum atomic E-state index is 13.1. The lowest BCUT2D eigenvalue weighted by atomic mass is 10.1. The van der Waals surface area contributed by atoms with E-state index in [1.54, 1.807) is 6.08 Å². The highest BCUT2D eigenvalue weighted by atomic mass is 79.9. The Hall–Kier alpha value is -0.770. The molecule has 0 N–H and O–H groups in total. The standard InChI is InChI=1S/C8H8BrFN2/c1-3-5(2)6-7(9)11-4-12-8(6)10/h3-5H,1H2,2H3. The van der Waals surface area contributed by atoms with Crippen LogP contribution < -0.4 is 0 Å². The van der Waals surface area contributed by atoms with E-state index >= 15 is 0 Å². The van der Waals surface area contributed by atoms with Gasteiger partial charge < -0.3 is 0 Å². The minimum Gasteiger partial charge on any atom is -0.229 e. The van der Waals surface area contributed by atoms with Crippen molar-refractivity contribution in [2.24, 2.45) is 0 Å². The topological polar surface area (TPSA) is 25.8 Å². The van der Waals surface area contributed by atoms with Crippen molar-refractivity contribution in [1.82, 2.24) is 9.97 Å². The van der Waals surface area contributed by atoms with Gasteiger partial charge in [-0.25, -0.2) is 9.97 Å². The van der Waals surface area contributed by atoms with Crippen LogP contribution >= 0.6 is 15.9 Å². The van der Waals surface area contributed by atoms with Crippen LogP contribution in [0.5, 0.6) is 0 Å². The largest absolute Gasteiger partial charge is 0.229 e. The van der Waals surface area contributed by atoms with Crippen LogP contribution in [0.2, 0.25) is 0 Å². The molecule has 64 valence electrons. The minimum absolute atomic E-state index is 0.0828. The van der Waals surface area contributed by atoms with Gasteiger partial charge in [-0.2, -0.15) is 4.39 Å². The molecule has 0 radical (unpaired) electrons. The quantitative estimate of drug-likeness (QED) is 0.577. The van der Waals surface area contributed by atoms with Gasteiger partial charge in [-0.3, -0.25) is 0 Å². The molecule has 0 bridgehead atoms. The predicted molar refractivity (Wildman–Crippen MR) is 48.3 cm³/mol. The van der Waals surface area contributed by atoms with E-state index in [-0.39, 0.29) is 5.92 Å². The van der Waals surface area contributed by atoms with Crippen molar-refractivity contribution in [2.45, 2.75) is 12.8 Å². The van der Waals surface area contributed by atoms with Crippen molar-refractivity contribution in [3.63, 3.8) is 0 Å². The zero-order valence-corrected chi connectivity index (χ0v) is 8.18. The van der Waals surface area contributed by atoms with Crippen molar-refractivity contribution in [3.8, 4) is 0 Å². The molecule has 0 aliphatic rings. The minimum atomic E-state index is -0.496. The van der Waals surface area contributed by atoms with E-state index in [0.717, 1.165) is 0 Å². The molecule has 4 heteroatoms. The molecule has 0 amide bonds. The molecule has 2 nitrogen and oxygen atoms in total. The summed E-state index contributed by atoms with van der Waals surface area (Å²) in [5.41, 5.74) is 0.451. The Labute approximate surface area is 78.7 Å². The van der Waals surface area contributed by atoms with Gasteiger partial charge in [-0.15, -0.1) is 6.58 Å². The molecule has 1 atom stereocenters. The number of allylic oxidation sites excluding steroid dienone is 1. The van der Waals surface area contributed by atoms with E-state index in [9.17, 15) is 4.39 Å². The number of nitrogens with zero attached hydrogens (tertiary/aromatic N) is 2. The second kappa shape index (κ2) is 3.76. The number of rotatable bonds is 2. The predicted octanol–water partition coefficient (Wildman–Crippen LogP) is 2.67. The molecule has 0 aromatic carbocycles. The SMILES string of the molecule is C=CC(C)c1c(F)ncnc1Br. The summed E-state index contributed by atoms with van der Waals surface area (Å²) in [4.78, 5) is 7.28. The molecule has 1 rings (SSSR count). The molecule has 0 saturated heterocycles. The van der Waals surface area contributed by atoms with Crippen LogP contribution in [-0.4, -0.2) is 9.97 Å². The van der Waals surface area contributed by atoms with Crippen LogP contribution in [0.4, 0.5) is 4.39 Å². The molecule has 0 spiro atoms. The third-order valence-corrected chi connectivity index (χ3v) is 2.23. The molecule has 0 aliphatic heterocycles. The van der Waals surface area contributed by atoms with Crippen LogP contribution in [-0.2, 0) is 0 Å². The fourth-order valence-electron chi connectivity index (χ4n) is 0.848. The molecular weight excluding hydrogens is 223 g/mol. The van der Waals surface area contributed by atoms with Gasteiger partial charge in [0.25, 0.3) is 0 Å². The summed E-state index contributed by atoms with van der Waals surface area (Å²) in [5, 5.41) is 0. The van der Waals surface area contributed by atoms with Gasteiger partial charge in [0.05, 0.1) is 0 Å². The number of hydrogen-bond acceptors (Lipinski definition) is 2. The first-order valence-electron chi connectivity index (χ1n) is 3.45. The summed E-state index contributed by atoms with van der Waals surface area (Å²) in [6.07, 6.45) is 2.82. The highest BCUT2D eigenvalue weighted by Crippen LogP contribution is 2.24. The third kappa shape index (κ3) is 1.69. The van der Waals surface area contributed by atoms with Gasteiger partial charge in [-0.05, 0) is 15.9 Å². The second-order valence-electron chi connectivity index (χ2n) is 2.39. The highest BCUT2D eigenvalue weighted by Gasteiger charge is 2.13. The molecule has 1 aromatic rings. The molecular formula is C8H8BrFN2. The summed E-state index contributed by atoms with van der Waals surface area (Å²) in [6.45, 7) is 5.41.